The van der Waals surface area contributed by atoms with Crippen molar-refractivity contribution in [1.29, 1.82) is 0 Å². The molecule has 0 bridgehead atoms. The largest absolute Gasteiger partial charge is 0.358 e. The Bertz CT molecular complexity index is 361. The lowest BCUT2D eigenvalue weighted by Crippen LogP contribution is -2.02. The van der Waals surface area contributed by atoms with Gasteiger partial charge >= 0.3 is 0 Å². The number of aromatic amines is 2. The molecule has 68 valence electrons. The van der Waals surface area contributed by atoms with Crippen LogP contribution in [0, 0.1) is 0 Å². The number of rotatable bonds is 3. The number of nitrogens with zero attached hydrogens (tertiary/aromatic N) is 1. The Hall–Kier alpha value is -1.55. The van der Waals surface area contributed by atoms with E-state index in [0.717, 1.165) is 17.7 Å². The van der Waals surface area contributed by atoms with E-state index in [1.807, 2.05) is 12.3 Å². The molecule has 0 saturated heterocycles. The quantitative estimate of drug-likeness (QED) is 0.650. The molecule has 0 radical (unpaired) electrons. The van der Waals surface area contributed by atoms with Crippen molar-refractivity contribution in [2.75, 3.05) is 6.54 Å². The summed E-state index contributed by atoms with van der Waals surface area (Å²) in [6.07, 6.45) is 4.54. The van der Waals surface area contributed by atoms with Gasteiger partial charge in [0.2, 0.25) is 0 Å². The van der Waals surface area contributed by atoms with E-state index in [1.54, 1.807) is 6.20 Å². The van der Waals surface area contributed by atoms with Crippen LogP contribution in [0.3, 0.4) is 0 Å². The summed E-state index contributed by atoms with van der Waals surface area (Å²) in [6, 6.07) is 4.09. The lowest BCUT2D eigenvalue weighted by Gasteiger charge is -1.92. The van der Waals surface area contributed by atoms with Crippen molar-refractivity contribution in [2.24, 2.45) is 5.73 Å². The van der Waals surface area contributed by atoms with Gasteiger partial charge in [-0.3, -0.25) is 5.10 Å². The zero-order valence-electron chi connectivity index (χ0n) is 7.25. The van der Waals surface area contributed by atoms with E-state index in [1.165, 1.54) is 5.69 Å². The Kier molecular flexibility index (Phi) is 2.14. The molecule has 4 heteroatoms. The summed E-state index contributed by atoms with van der Waals surface area (Å²) < 4.78 is 0. The molecule has 0 aromatic carbocycles. The average Bonchev–Trinajstić information content (AvgIpc) is 2.70. The molecule has 13 heavy (non-hydrogen) atoms. The van der Waals surface area contributed by atoms with E-state index in [4.69, 9.17) is 5.73 Å². The van der Waals surface area contributed by atoms with Gasteiger partial charge in [-0.15, -0.1) is 0 Å². The maximum Gasteiger partial charge on any atom is 0.0580 e. The van der Waals surface area contributed by atoms with Crippen LogP contribution in [0.4, 0.5) is 0 Å². The Morgan fingerprint density at radius 2 is 2.31 bits per heavy atom. The van der Waals surface area contributed by atoms with Gasteiger partial charge in [0.15, 0.2) is 0 Å². The first kappa shape index (κ1) is 8.07. The third kappa shape index (κ3) is 1.62. The summed E-state index contributed by atoms with van der Waals surface area (Å²) in [5, 5.41) is 6.66. The normalized spacial score (nSPS) is 10.5. The van der Waals surface area contributed by atoms with E-state index in [9.17, 15) is 0 Å². The summed E-state index contributed by atoms with van der Waals surface area (Å²) in [5.41, 5.74) is 8.77. The van der Waals surface area contributed by atoms with Gasteiger partial charge in [0.25, 0.3) is 0 Å². The van der Waals surface area contributed by atoms with Gasteiger partial charge in [-0.1, -0.05) is 0 Å². The van der Waals surface area contributed by atoms with Crippen LogP contribution in [-0.2, 0) is 6.42 Å². The molecule has 2 heterocycles. The van der Waals surface area contributed by atoms with E-state index >= 15 is 0 Å². The van der Waals surface area contributed by atoms with E-state index in [2.05, 4.69) is 21.2 Å². The van der Waals surface area contributed by atoms with Crippen LogP contribution in [0.15, 0.2) is 24.5 Å². The first-order valence-corrected chi connectivity index (χ1v) is 4.27. The van der Waals surface area contributed by atoms with Crippen LogP contribution in [0.5, 0.6) is 0 Å². The topological polar surface area (TPSA) is 70.5 Å². The van der Waals surface area contributed by atoms with Crippen molar-refractivity contribution in [3.05, 3.63) is 30.2 Å². The molecule has 2 aromatic rings. The smallest absolute Gasteiger partial charge is 0.0580 e. The Morgan fingerprint density at radius 3 is 3.00 bits per heavy atom. The standard InChI is InChI=1S/C9H12N4/c10-4-3-8-1-2-9(13-8)7-5-11-12-6-7/h1-2,5-6,13H,3-4,10H2,(H,11,12). The molecule has 0 fully saturated rings. The minimum Gasteiger partial charge on any atom is -0.358 e. The van der Waals surface area contributed by atoms with E-state index < -0.39 is 0 Å². The minimum atomic E-state index is 0.672. The predicted octanol–water partition coefficient (Wildman–Crippen LogP) is 0.906. The van der Waals surface area contributed by atoms with Crippen molar-refractivity contribution >= 4 is 0 Å². The van der Waals surface area contributed by atoms with Crippen molar-refractivity contribution in [3.63, 3.8) is 0 Å². The molecule has 0 unspecified atom stereocenters. The van der Waals surface area contributed by atoms with Crippen molar-refractivity contribution < 1.29 is 0 Å². The third-order valence-electron chi connectivity index (χ3n) is 1.97. The molecular formula is C9H12N4. The van der Waals surface area contributed by atoms with Crippen LogP contribution in [0.25, 0.3) is 11.3 Å². The van der Waals surface area contributed by atoms with Gasteiger partial charge < -0.3 is 10.7 Å². The molecule has 0 aliphatic heterocycles. The summed E-state index contributed by atoms with van der Waals surface area (Å²) in [4.78, 5) is 3.28. The highest BCUT2D eigenvalue weighted by Gasteiger charge is 2.01. The lowest BCUT2D eigenvalue weighted by molar-refractivity contribution is 0.936. The monoisotopic (exact) mass is 176 g/mol. The van der Waals surface area contributed by atoms with Crippen LogP contribution >= 0.6 is 0 Å². The second kappa shape index (κ2) is 3.45. The average molecular weight is 176 g/mol. The molecule has 2 aromatic heterocycles. The first-order chi connectivity index (χ1) is 6.40. The first-order valence-electron chi connectivity index (χ1n) is 4.27. The Balaban J connectivity index is 2.23. The van der Waals surface area contributed by atoms with E-state index in [0.29, 0.717) is 6.54 Å². The molecule has 0 spiro atoms. The number of H-pyrrole nitrogens is 2. The van der Waals surface area contributed by atoms with Gasteiger partial charge in [-0.05, 0) is 25.1 Å². The fraction of sp³-hybridized carbons (Fsp3) is 0.222. The summed E-state index contributed by atoms with van der Waals surface area (Å²) in [6.45, 7) is 0.672. The molecule has 0 aliphatic rings. The molecule has 4 N–H and O–H groups in total. The third-order valence-corrected chi connectivity index (χ3v) is 1.97. The second-order valence-electron chi connectivity index (χ2n) is 2.92. The Morgan fingerprint density at radius 1 is 1.38 bits per heavy atom. The predicted molar refractivity (Wildman–Crippen MR) is 51.1 cm³/mol. The van der Waals surface area contributed by atoms with Crippen LogP contribution in [0.1, 0.15) is 5.69 Å². The van der Waals surface area contributed by atoms with Crippen LogP contribution in [0.2, 0.25) is 0 Å². The van der Waals surface area contributed by atoms with Gasteiger partial charge in [0.05, 0.1) is 6.20 Å². The number of nitrogens with one attached hydrogen (secondary N) is 2. The molecule has 0 aliphatic carbocycles. The van der Waals surface area contributed by atoms with Crippen molar-refractivity contribution in [1.82, 2.24) is 15.2 Å². The summed E-state index contributed by atoms with van der Waals surface area (Å²) in [7, 11) is 0. The highest BCUT2D eigenvalue weighted by Crippen LogP contribution is 2.16. The number of hydrogen-bond acceptors (Lipinski definition) is 2. The Labute approximate surface area is 76.2 Å². The molecule has 0 saturated carbocycles. The molecular weight excluding hydrogens is 164 g/mol. The molecule has 2 rings (SSSR count). The SMILES string of the molecule is NCCc1ccc(-c2cn[nH]c2)[nH]1. The summed E-state index contributed by atoms with van der Waals surface area (Å²) >= 11 is 0. The highest BCUT2D eigenvalue weighted by molar-refractivity contribution is 5.57. The fourth-order valence-corrected chi connectivity index (χ4v) is 1.31. The zero-order chi connectivity index (χ0) is 9.10. The summed E-state index contributed by atoms with van der Waals surface area (Å²) in [5.74, 6) is 0. The highest BCUT2D eigenvalue weighted by atomic mass is 15.1. The number of hydrogen-bond donors (Lipinski definition) is 3. The lowest BCUT2D eigenvalue weighted by atomic mass is 10.3. The van der Waals surface area contributed by atoms with Crippen molar-refractivity contribution in [2.45, 2.75) is 6.42 Å². The van der Waals surface area contributed by atoms with Crippen LogP contribution in [-0.4, -0.2) is 21.7 Å². The number of aromatic nitrogens is 3. The molecule has 0 atom stereocenters. The second-order valence-corrected chi connectivity index (χ2v) is 2.92. The fourth-order valence-electron chi connectivity index (χ4n) is 1.31. The number of nitrogens with two attached hydrogens (primary N) is 1. The van der Waals surface area contributed by atoms with Gasteiger partial charge in [0, 0.05) is 23.1 Å². The van der Waals surface area contributed by atoms with Crippen molar-refractivity contribution in [3.8, 4) is 11.3 Å². The van der Waals surface area contributed by atoms with Gasteiger partial charge in [-0.25, -0.2) is 0 Å². The van der Waals surface area contributed by atoms with Crippen LogP contribution < -0.4 is 5.73 Å². The van der Waals surface area contributed by atoms with E-state index in [-0.39, 0.29) is 0 Å². The zero-order valence-corrected chi connectivity index (χ0v) is 7.25. The molecule has 0 amide bonds. The van der Waals surface area contributed by atoms with Gasteiger partial charge in [-0.2, -0.15) is 5.10 Å². The maximum atomic E-state index is 5.45. The van der Waals surface area contributed by atoms with Gasteiger partial charge in [0.1, 0.15) is 0 Å². The maximum absolute atomic E-state index is 5.45. The molecule has 4 nitrogen and oxygen atoms in total. The minimum absolute atomic E-state index is 0.672.